The summed E-state index contributed by atoms with van der Waals surface area (Å²) in [4.78, 5) is 12.9. The molecule has 1 aromatic rings. The van der Waals surface area contributed by atoms with E-state index in [1.165, 1.54) is 0 Å². The Labute approximate surface area is 134 Å². The van der Waals surface area contributed by atoms with Crippen LogP contribution in [0.1, 0.15) is 25.8 Å². The van der Waals surface area contributed by atoms with Crippen molar-refractivity contribution in [2.24, 2.45) is 0 Å². The van der Waals surface area contributed by atoms with Gasteiger partial charge < -0.3 is 14.7 Å². The fraction of sp³-hybridized carbons (Fsp3) is 0.438. The third kappa shape index (κ3) is 5.52. The van der Waals surface area contributed by atoms with Crippen molar-refractivity contribution in [1.82, 2.24) is 0 Å². The van der Waals surface area contributed by atoms with Gasteiger partial charge in [-0.2, -0.15) is 0 Å². The zero-order chi connectivity index (χ0) is 15.8. The summed E-state index contributed by atoms with van der Waals surface area (Å²) in [5.41, 5.74) is 1.94. The van der Waals surface area contributed by atoms with Gasteiger partial charge in [0.1, 0.15) is 0 Å². The number of nitrogens with zero attached hydrogens (tertiary/aromatic N) is 1. The molecular formula is C16H22BrNO3. The number of benzene rings is 1. The number of anilines is 1. The minimum atomic E-state index is -0.952. The first-order valence-electron chi connectivity index (χ1n) is 6.95. The first-order chi connectivity index (χ1) is 9.99. The van der Waals surface area contributed by atoms with Crippen molar-refractivity contribution < 1.29 is 14.6 Å². The highest BCUT2D eigenvalue weighted by Gasteiger charge is 2.13. The fourth-order valence-corrected chi connectivity index (χ4v) is 2.50. The largest absolute Gasteiger partial charge is 0.478 e. The third-order valence-corrected chi connectivity index (χ3v) is 4.07. The van der Waals surface area contributed by atoms with Gasteiger partial charge in [-0.15, -0.1) is 0 Å². The number of methoxy groups -OCH3 is 1. The monoisotopic (exact) mass is 355 g/mol. The van der Waals surface area contributed by atoms with Crippen molar-refractivity contribution >= 4 is 33.7 Å². The minimum absolute atomic E-state index is 0.410. The minimum Gasteiger partial charge on any atom is -0.478 e. The lowest BCUT2D eigenvalue weighted by Crippen LogP contribution is -2.35. The highest BCUT2D eigenvalue weighted by molar-refractivity contribution is 9.10. The number of aliphatic carboxylic acids is 1. The van der Waals surface area contributed by atoms with E-state index >= 15 is 0 Å². The van der Waals surface area contributed by atoms with Crippen LogP contribution in [0.4, 0.5) is 5.69 Å². The van der Waals surface area contributed by atoms with E-state index in [1.807, 2.05) is 18.2 Å². The van der Waals surface area contributed by atoms with Crippen LogP contribution < -0.4 is 4.90 Å². The molecule has 0 heterocycles. The second kappa shape index (κ2) is 8.85. The normalized spacial score (nSPS) is 12.6. The van der Waals surface area contributed by atoms with Crippen LogP contribution in [0.2, 0.25) is 0 Å². The Balaban J connectivity index is 3.00. The van der Waals surface area contributed by atoms with Crippen LogP contribution in [-0.2, 0) is 9.53 Å². The average Bonchev–Trinajstić information content (AvgIpc) is 2.46. The molecule has 116 valence electrons. The number of halogens is 1. The van der Waals surface area contributed by atoms with Crippen LogP contribution in [-0.4, -0.2) is 37.4 Å². The molecule has 1 atom stereocenters. The summed E-state index contributed by atoms with van der Waals surface area (Å²) in [6, 6.07) is 6.35. The first kappa shape index (κ1) is 17.7. The van der Waals surface area contributed by atoms with E-state index < -0.39 is 5.97 Å². The Hall–Kier alpha value is -1.33. The van der Waals surface area contributed by atoms with Crippen LogP contribution in [0, 0.1) is 0 Å². The summed E-state index contributed by atoms with van der Waals surface area (Å²) < 4.78 is 6.06. The lowest BCUT2D eigenvalue weighted by atomic mass is 10.1. The van der Waals surface area contributed by atoms with Gasteiger partial charge in [0.2, 0.25) is 0 Å². The molecule has 0 amide bonds. The molecule has 0 aliphatic heterocycles. The van der Waals surface area contributed by atoms with Crippen molar-refractivity contribution in [2.45, 2.75) is 26.3 Å². The van der Waals surface area contributed by atoms with E-state index in [1.54, 1.807) is 13.2 Å². The van der Waals surface area contributed by atoms with E-state index in [9.17, 15) is 4.79 Å². The van der Waals surface area contributed by atoms with Crippen molar-refractivity contribution in [3.05, 3.63) is 34.3 Å². The predicted molar refractivity (Wildman–Crippen MR) is 89.8 cm³/mol. The highest BCUT2D eigenvalue weighted by atomic mass is 79.9. The molecule has 4 nitrogen and oxygen atoms in total. The summed E-state index contributed by atoms with van der Waals surface area (Å²) in [7, 11) is 1.70. The van der Waals surface area contributed by atoms with E-state index in [4.69, 9.17) is 9.84 Å². The van der Waals surface area contributed by atoms with Crippen LogP contribution in [0.3, 0.4) is 0 Å². The van der Waals surface area contributed by atoms with Gasteiger partial charge in [-0.05, 0) is 37.1 Å². The zero-order valence-electron chi connectivity index (χ0n) is 12.7. The molecule has 0 saturated heterocycles. The Morgan fingerprint density at radius 1 is 1.52 bits per heavy atom. The standard InChI is InChI=1S/C16H22BrNO3/c1-4-12(2)18(9-10-21-3)14-7-5-13(15(17)11-14)6-8-16(19)20/h5-8,11-12H,4,9-10H2,1-3H3,(H,19,20)/b8-6+. The zero-order valence-corrected chi connectivity index (χ0v) is 14.3. The molecule has 5 heteroatoms. The van der Waals surface area contributed by atoms with E-state index in [-0.39, 0.29) is 0 Å². The maximum atomic E-state index is 10.6. The molecule has 1 rings (SSSR count). The van der Waals surface area contributed by atoms with Crippen molar-refractivity contribution in [2.75, 3.05) is 25.2 Å². The summed E-state index contributed by atoms with van der Waals surface area (Å²) >= 11 is 3.50. The Kier molecular flexibility index (Phi) is 7.47. The van der Waals surface area contributed by atoms with E-state index in [0.717, 1.165) is 34.8 Å². The maximum absolute atomic E-state index is 10.6. The maximum Gasteiger partial charge on any atom is 0.328 e. The molecule has 0 aliphatic carbocycles. The molecule has 0 aromatic heterocycles. The van der Waals surface area contributed by atoms with Gasteiger partial charge in [0.15, 0.2) is 0 Å². The highest BCUT2D eigenvalue weighted by Crippen LogP contribution is 2.27. The molecule has 0 spiro atoms. The summed E-state index contributed by atoms with van der Waals surface area (Å²) in [6.07, 6.45) is 3.76. The quantitative estimate of drug-likeness (QED) is 0.720. The van der Waals surface area contributed by atoms with Gasteiger partial charge in [0.05, 0.1) is 6.61 Å². The Morgan fingerprint density at radius 2 is 2.24 bits per heavy atom. The number of ether oxygens (including phenoxy) is 1. The van der Waals surface area contributed by atoms with E-state index in [0.29, 0.717) is 12.6 Å². The molecule has 0 bridgehead atoms. The molecule has 1 unspecified atom stereocenters. The molecule has 1 aromatic carbocycles. The van der Waals surface area contributed by atoms with Gasteiger partial charge >= 0.3 is 5.97 Å². The van der Waals surface area contributed by atoms with Crippen molar-refractivity contribution in [3.63, 3.8) is 0 Å². The Bertz CT molecular complexity index is 502. The fourth-order valence-electron chi connectivity index (χ4n) is 2.00. The van der Waals surface area contributed by atoms with Crippen LogP contribution in [0.25, 0.3) is 6.08 Å². The number of rotatable bonds is 8. The van der Waals surface area contributed by atoms with Crippen LogP contribution >= 0.6 is 15.9 Å². The summed E-state index contributed by atoms with van der Waals surface area (Å²) in [5.74, 6) is -0.952. The average molecular weight is 356 g/mol. The molecular weight excluding hydrogens is 334 g/mol. The van der Waals surface area contributed by atoms with Crippen LogP contribution in [0.5, 0.6) is 0 Å². The SMILES string of the molecule is CCC(C)N(CCOC)c1ccc(/C=C/C(=O)O)c(Br)c1. The Morgan fingerprint density at radius 3 is 2.76 bits per heavy atom. The first-order valence-corrected chi connectivity index (χ1v) is 7.75. The molecule has 0 saturated carbocycles. The number of hydrogen-bond acceptors (Lipinski definition) is 3. The molecule has 21 heavy (non-hydrogen) atoms. The number of hydrogen-bond donors (Lipinski definition) is 1. The van der Waals surface area contributed by atoms with Gasteiger partial charge in [0.25, 0.3) is 0 Å². The van der Waals surface area contributed by atoms with Crippen molar-refractivity contribution in [1.29, 1.82) is 0 Å². The second-order valence-electron chi connectivity index (χ2n) is 4.82. The van der Waals surface area contributed by atoms with Gasteiger partial charge in [-0.25, -0.2) is 4.79 Å². The van der Waals surface area contributed by atoms with Gasteiger partial charge in [-0.1, -0.05) is 28.9 Å². The predicted octanol–water partition coefficient (Wildman–Crippen LogP) is 3.80. The summed E-state index contributed by atoms with van der Waals surface area (Å²) in [6.45, 7) is 5.83. The summed E-state index contributed by atoms with van der Waals surface area (Å²) in [5, 5.41) is 8.69. The number of carboxylic acid groups (broad SMARTS) is 1. The van der Waals surface area contributed by atoms with Crippen molar-refractivity contribution in [3.8, 4) is 0 Å². The number of carbonyl (C=O) groups is 1. The lowest BCUT2D eigenvalue weighted by molar-refractivity contribution is -0.131. The van der Waals surface area contributed by atoms with Gasteiger partial charge in [-0.3, -0.25) is 0 Å². The second-order valence-corrected chi connectivity index (χ2v) is 5.68. The van der Waals surface area contributed by atoms with Gasteiger partial charge in [0, 0.05) is 35.9 Å². The topological polar surface area (TPSA) is 49.8 Å². The smallest absolute Gasteiger partial charge is 0.328 e. The molecule has 0 aliphatic rings. The molecule has 0 fully saturated rings. The van der Waals surface area contributed by atoms with E-state index in [2.05, 4.69) is 34.7 Å². The molecule has 1 N–H and O–H groups in total. The molecule has 0 radical (unpaired) electrons. The lowest BCUT2D eigenvalue weighted by Gasteiger charge is -2.31. The van der Waals surface area contributed by atoms with Crippen LogP contribution in [0.15, 0.2) is 28.7 Å². The third-order valence-electron chi connectivity index (χ3n) is 3.38. The number of carboxylic acids is 1.